The SMILES string of the molecule is O=C(CN1CCN(c2cccc(Cl)c2)CC1)Nc1ccc(Cl)c(C(F)(F)F)c1. The van der Waals surface area contributed by atoms with Crippen LogP contribution in [0.5, 0.6) is 0 Å². The summed E-state index contributed by atoms with van der Waals surface area (Å²) in [5.41, 5.74) is 0.124. The molecule has 0 spiro atoms. The fourth-order valence-corrected chi connectivity index (χ4v) is 3.47. The lowest BCUT2D eigenvalue weighted by Gasteiger charge is -2.35. The summed E-state index contributed by atoms with van der Waals surface area (Å²) >= 11 is 11.6. The Morgan fingerprint density at radius 1 is 1.04 bits per heavy atom. The average Bonchev–Trinajstić information content (AvgIpc) is 2.63. The molecule has 0 aliphatic carbocycles. The average molecular weight is 432 g/mol. The van der Waals surface area contributed by atoms with Gasteiger partial charge in [-0.2, -0.15) is 13.2 Å². The predicted molar refractivity (Wildman–Crippen MR) is 105 cm³/mol. The van der Waals surface area contributed by atoms with Crippen LogP contribution in [0.15, 0.2) is 42.5 Å². The van der Waals surface area contributed by atoms with E-state index >= 15 is 0 Å². The van der Waals surface area contributed by atoms with Gasteiger partial charge in [0.05, 0.1) is 17.1 Å². The minimum Gasteiger partial charge on any atom is -0.369 e. The van der Waals surface area contributed by atoms with Gasteiger partial charge in [0.25, 0.3) is 0 Å². The fourth-order valence-electron chi connectivity index (χ4n) is 3.06. The number of anilines is 2. The maximum Gasteiger partial charge on any atom is 0.417 e. The molecule has 0 saturated carbocycles. The summed E-state index contributed by atoms with van der Waals surface area (Å²) in [6.45, 7) is 2.88. The van der Waals surface area contributed by atoms with Crippen molar-refractivity contribution >= 4 is 40.5 Å². The third kappa shape index (κ3) is 5.31. The highest BCUT2D eigenvalue weighted by molar-refractivity contribution is 6.31. The second-order valence-corrected chi connectivity index (χ2v) is 7.33. The van der Waals surface area contributed by atoms with Gasteiger partial charge in [0.15, 0.2) is 0 Å². The smallest absolute Gasteiger partial charge is 0.369 e. The fraction of sp³-hybridized carbons (Fsp3) is 0.316. The highest BCUT2D eigenvalue weighted by Gasteiger charge is 2.33. The number of amides is 1. The Balaban J connectivity index is 1.54. The molecule has 4 nitrogen and oxygen atoms in total. The zero-order valence-electron chi connectivity index (χ0n) is 14.8. The number of nitrogens with one attached hydrogen (secondary N) is 1. The molecule has 0 aromatic heterocycles. The van der Waals surface area contributed by atoms with Crippen molar-refractivity contribution < 1.29 is 18.0 Å². The van der Waals surface area contributed by atoms with Crippen LogP contribution < -0.4 is 10.2 Å². The number of benzene rings is 2. The third-order valence-electron chi connectivity index (χ3n) is 4.47. The van der Waals surface area contributed by atoms with E-state index in [0.29, 0.717) is 18.1 Å². The predicted octanol–water partition coefficient (Wildman–Crippen LogP) is 4.77. The first-order valence-electron chi connectivity index (χ1n) is 8.62. The molecule has 0 bridgehead atoms. The summed E-state index contributed by atoms with van der Waals surface area (Å²) in [7, 11) is 0. The van der Waals surface area contributed by atoms with Crippen LogP contribution >= 0.6 is 23.2 Å². The monoisotopic (exact) mass is 431 g/mol. The van der Waals surface area contributed by atoms with Gasteiger partial charge in [0.2, 0.25) is 5.91 Å². The summed E-state index contributed by atoms with van der Waals surface area (Å²) in [6.07, 6.45) is -4.57. The number of carbonyl (C=O) groups excluding carboxylic acids is 1. The molecule has 9 heteroatoms. The first-order valence-corrected chi connectivity index (χ1v) is 9.37. The van der Waals surface area contributed by atoms with Gasteiger partial charge in [-0.1, -0.05) is 29.3 Å². The minimum absolute atomic E-state index is 0.0688. The van der Waals surface area contributed by atoms with Crippen LogP contribution in [0.25, 0.3) is 0 Å². The van der Waals surface area contributed by atoms with Crippen LogP contribution in [0, 0.1) is 0 Å². The zero-order chi connectivity index (χ0) is 20.3. The van der Waals surface area contributed by atoms with Crippen LogP contribution in [-0.2, 0) is 11.0 Å². The highest BCUT2D eigenvalue weighted by Crippen LogP contribution is 2.36. The number of hydrogen-bond donors (Lipinski definition) is 1. The van der Waals surface area contributed by atoms with E-state index in [-0.39, 0.29) is 18.1 Å². The molecule has 1 aliphatic heterocycles. The lowest BCUT2D eigenvalue weighted by Crippen LogP contribution is -2.48. The van der Waals surface area contributed by atoms with Crippen molar-refractivity contribution in [3.63, 3.8) is 0 Å². The van der Waals surface area contributed by atoms with Crippen molar-refractivity contribution in [1.29, 1.82) is 0 Å². The molecule has 1 fully saturated rings. The van der Waals surface area contributed by atoms with E-state index in [1.54, 1.807) is 0 Å². The molecule has 2 aromatic carbocycles. The summed E-state index contributed by atoms with van der Waals surface area (Å²) in [6, 6.07) is 10.9. The molecular formula is C19H18Cl2F3N3O. The second kappa shape index (κ2) is 8.59. The Kier molecular flexibility index (Phi) is 6.37. The molecule has 0 atom stereocenters. The van der Waals surface area contributed by atoms with Crippen molar-refractivity contribution in [2.24, 2.45) is 0 Å². The maximum absolute atomic E-state index is 12.9. The van der Waals surface area contributed by atoms with E-state index in [1.165, 1.54) is 6.07 Å². The van der Waals surface area contributed by atoms with Gasteiger partial charge in [-0.25, -0.2) is 0 Å². The zero-order valence-corrected chi connectivity index (χ0v) is 16.3. The molecule has 0 radical (unpaired) electrons. The summed E-state index contributed by atoms with van der Waals surface area (Å²) in [4.78, 5) is 16.4. The molecule has 1 amide bonds. The Morgan fingerprint density at radius 3 is 2.39 bits per heavy atom. The number of carbonyl (C=O) groups is 1. The minimum atomic E-state index is -4.57. The van der Waals surface area contributed by atoms with Crippen molar-refractivity contribution in [2.75, 3.05) is 42.9 Å². The van der Waals surface area contributed by atoms with E-state index in [0.717, 1.165) is 30.9 Å². The first kappa shape index (κ1) is 20.8. The van der Waals surface area contributed by atoms with E-state index in [2.05, 4.69) is 10.2 Å². The van der Waals surface area contributed by atoms with Gasteiger partial charge in [-0.3, -0.25) is 9.69 Å². The molecule has 150 valence electrons. The molecule has 1 aliphatic rings. The summed E-state index contributed by atoms with van der Waals surface area (Å²) in [5, 5.41) is 2.78. The number of nitrogens with zero attached hydrogens (tertiary/aromatic N) is 2. The molecule has 3 rings (SSSR count). The Morgan fingerprint density at radius 2 is 1.75 bits per heavy atom. The molecular weight excluding hydrogens is 414 g/mol. The molecule has 2 aromatic rings. The van der Waals surface area contributed by atoms with Crippen LogP contribution in [0.4, 0.5) is 24.5 Å². The maximum atomic E-state index is 12.9. The number of hydrogen-bond acceptors (Lipinski definition) is 3. The van der Waals surface area contributed by atoms with Crippen molar-refractivity contribution in [3.8, 4) is 0 Å². The Bertz CT molecular complexity index is 853. The van der Waals surface area contributed by atoms with Gasteiger partial charge < -0.3 is 10.2 Å². The van der Waals surface area contributed by atoms with Gasteiger partial charge in [-0.15, -0.1) is 0 Å². The molecule has 28 heavy (non-hydrogen) atoms. The normalized spacial score (nSPS) is 15.5. The van der Waals surface area contributed by atoms with E-state index in [4.69, 9.17) is 23.2 Å². The van der Waals surface area contributed by atoms with Gasteiger partial charge in [-0.05, 0) is 36.4 Å². The number of halogens is 5. The van der Waals surface area contributed by atoms with Crippen molar-refractivity contribution in [1.82, 2.24) is 4.90 Å². The third-order valence-corrected chi connectivity index (χ3v) is 5.03. The first-order chi connectivity index (χ1) is 13.2. The second-order valence-electron chi connectivity index (χ2n) is 6.48. The Hall–Kier alpha value is -1.96. The number of alkyl halides is 3. The standard InChI is InChI=1S/C19H18Cl2F3N3O/c20-13-2-1-3-15(10-13)27-8-6-26(7-9-27)12-18(28)25-14-4-5-17(21)16(11-14)19(22,23)24/h1-5,10-11H,6-9,12H2,(H,25,28). The van der Waals surface area contributed by atoms with Gasteiger partial charge in [0, 0.05) is 42.6 Å². The van der Waals surface area contributed by atoms with E-state index < -0.39 is 16.8 Å². The van der Waals surface area contributed by atoms with Crippen LogP contribution in [0.3, 0.4) is 0 Å². The van der Waals surface area contributed by atoms with Crippen LogP contribution in [0.2, 0.25) is 10.0 Å². The molecule has 1 heterocycles. The molecule has 0 unspecified atom stereocenters. The molecule has 1 N–H and O–H groups in total. The molecule has 1 saturated heterocycles. The van der Waals surface area contributed by atoms with Crippen LogP contribution in [-0.4, -0.2) is 43.5 Å². The summed E-state index contributed by atoms with van der Waals surface area (Å²) < 4.78 is 38.8. The Labute approximate surface area is 170 Å². The largest absolute Gasteiger partial charge is 0.417 e. The quantitative estimate of drug-likeness (QED) is 0.756. The van der Waals surface area contributed by atoms with E-state index in [1.807, 2.05) is 29.2 Å². The van der Waals surface area contributed by atoms with Gasteiger partial charge in [0.1, 0.15) is 0 Å². The topological polar surface area (TPSA) is 35.6 Å². The lowest BCUT2D eigenvalue weighted by atomic mass is 10.2. The van der Waals surface area contributed by atoms with Crippen LogP contribution in [0.1, 0.15) is 5.56 Å². The number of piperazine rings is 1. The number of rotatable bonds is 4. The van der Waals surface area contributed by atoms with E-state index in [9.17, 15) is 18.0 Å². The van der Waals surface area contributed by atoms with Crippen molar-refractivity contribution in [3.05, 3.63) is 58.1 Å². The van der Waals surface area contributed by atoms with Gasteiger partial charge >= 0.3 is 6.18 Å². The summed E-state index contributed by atoms with van der Waals surface area (Å²) in [5.74, 6) is -0.369. The highest BCUT2D eigenvalue weighted by atomic mass is 35.5. The lowest BCUT2D eigenvalue weighted by molar-refractivity contribution is -0.137. The van der Waals surface area contributed by atoms with Crippen molar-refractivity contribution in [2.45, 2.75) is 6.18 Å².